The predicted octanol–water partition coefficient (Wildman–Crippen LogP) is 2.32. The first-order chi connectivity index (χ1) is 9.19. The number of nitrogens with two attached hydrogens (primary N) is 1. The third-order valence-electron chi connectivity index (χ3n) is 2.48. The molecule has 0 heterocycles. The number of halogens is 4. The van der Waals surface area contributed by atoms with Gasteiger partial charge in [-0.15, -0.1) is 12.4 Å². The lowest BCUT2D eigenvalue weighted by Gasteiger charge is -2.15. The number of amides is 1. The van der Waals surface area contributed by atoms with Crippen molar-refractivity contribution >= 4 is 18.3 Å². The van der Waals surface area contributed by atoms with Crippen LogP contribution in [0.4, 0.5) is 13.2 Å². The zero-order chi connectivity index (χ0) is 15.3. The van der Waals surface area contributed by atoms with Crippen LogP contribution < -0.4 is 15.8 Å². The number of rotatable bonds is 5. The minimum Gasteiger partial charge on any atom is -0.484 e. The van der Waals surface area contributed by atoms with E-state index in [4.69, 9.17) is 10.5 Å². The number of alkyl halides is 3. The number of nitrogens with one attached hydrogen (secondary N) is 1. The van der Waals surface area contributed by atoms with Gasteiger partial charge < -0.3 is 15.8 Å². The Kier molecular flexibility index (Phi) is 7.52. The summed E-state index contributed by atoms with van der Waals surface area (Å²) in [7, 11) is 0. The van der Waals surface area contributed by atoms with E-state index in [9.17, 15) is 18.0 Å². The summed E-state index contributed by atoms with van der Waals surface area (Å²) in [6.07, 6.45) is -4.41. The van der Waals surface area contributed by atoms with Crippen LogP contribution in [0.3, 0.4) is 0 Å². The van der Waals surface area contributed by atoms with Gasteiger partial charge in [-0.3, -0.25) is 4.79 Å². The van der Waals surface area contributed by atoms with Crippen LogP contribution in [0.2, 0.25) is 0 Å². The molecule has 1 amide bonds. The van der Waals surface area contributed by atoms with Crippen molar-refractivity contribution in [3.63, 3.8) is 0 Å². The number of carbonyl (C=O) groups is 1. The van der Waals surface area contributed by atoms with E-state index in [2.05, 4.69) is 5.32 Å². The molecule has 0 radical (unpaired) electrons. The van der Waals surface area contributed by atoms with Crippen molar-refractivity contribution < 1.29 is 22.7 Å². The summed E-state index contributed by atoms with van der Waals surface area (Å²) in [5, 5.41) is 2.53. The van der Waals surface area contributed by atoms with Crippen molar-refractivity contribution in [2.24, 2.45) is 5.73 Å². The molecule has 1 rings (SSSR count). The molecule has 8 heteroatoms. The number of carbonyl (C=O) groups excluding carboxylic acids is 1. The molecule has 1 atom stereocenters. The highest BCUT2D eigenvalue weighted by Gasteiger charge is 2.28. The Morgan fingerprint density at radius 1 is 1.43 bits per heavy atom. The van der Waals surface area contributed by atoms with Crippen LogP contribution in [0.1, 0.15) is 18.1 Å². The largest absolute Gasteiger partial charge is 0.484 e. The second-order valence-corrected chi connectivity index (χ2v) is 4.52. The molecular formula is C13H18ClF3N2O2. The monoisotopic (exact) mass is 326 g/mol. The Bertz CT molecular complexity index is 479. The molecule has 0 saturated heterocycles. The van der Waals surface area contributed by atoms with Crippen molar-refractivity contribution in [2.45, 2.75) is 32.6 Å². The van der Waals surface area contributed by atoms with Gasteiger partial charge in [0.1, 0.15) is 5.75 Å². The molecule has 1 aromatic rings. The lowest BCUT2D eigenvalue weighted by atomic mass is 10.1. The van der Waals surface area contributed by atoms with E-state index in [0.29, 0.717) is 5.56 Å². The first-order valence-corrected chi connectivity index (χ1v) is 6.01. The maximum atomic E-state index is 12.2. The summed E-state index contributed by atoms with van der Waals surface area (Å²) in [6, 6.07) is 4.16. The highest BCUT2D eigenvalue weighted by molar-refractivity contribution is 5.85. The SMILES string of the molecule is Cc1ccc(CNC(=O)[C@H](C)N)c(OCC(F)(F)F)c1.Cl. The molecule has 0 aliphatic heterocycles. The quantitative estimate of drug-likeness (QED) is 0.873. The Hall–Kier alpha value is -1.47. The molecule has 0 aromatic heterocycles. The summed E-state index contributed by atoms with van der Waals surface area (Å²) in [4.78, 5) is 11.4. The number of hydrogen-bond donors (Lipinski definition) is 2. The molecule has 1 aromatic carbocycles. The molecular weight excluding hydrogens is 309 g/mol. The molecule has 4 nitrogen and oxygen atoms in total. The number of ether oxygens (including phenoxy) is 1. The Labute approximate surface area is 127 Å². The van der Waals surface area contributed by atoms with Gasteiger partial charge in [0, 0.05) is 12.1 Å². The third kappa shape index (κ3) is 7.19. The van der Waals surface area contributed by atoms with Gasteiger partial charge in [-0.1, -0.05) is 12.1 Å². The fourth-order valence-electron chi connectivity index (χ4n) is 1.45. The van der Waals surface area contributed by atoms with Gasteiger partial charge >= 0.3 is 6.18 Å². The van der Waals surface area contributed by atoms with E-state index >= 15 is 0 Å². The van der Waals surface area contributed by atoms with Gasteiger partial charge in [0.05, 0.1) is 6.04 Å². The molecule has 120 valence electrons. The molecule has 0 aliphatic carbocycles. The van der Waals surface area contributed by atoms with E-state index in [-0.39, 0.29) is 30.6 Å². The summed E-state index contributed by atoms with van der Waals surface area (Å²) in [6.45, 7) is 1.95. The summed E-state index contributed by atoms with van der Waals surface area (Å²) in [5.74, 6) is -0.278. The smallest absolute Gasteiger partial charge is 0.422 e. The van der Waals surface area contributed by atoms with Gasteiger partial charge in [-0.2, -0.15) is 13.2 Å². The van der Waals surface area contributed by atoms with E-state index in [1.54, 1.807) is 19.1 Å². The third-order valence-corrected chi connectivity index (χ3v) is 2.48. The highest BCUT2D eigenvalue weighted by Crippen LogP contribution is 2.23. The van der Waals surface area contributed by atoms with E-state index in [0.717, 1.165) is 5.56 Å². The zero-order valence-corrected chi connectivity index (χ0v) is 12.5. The standard InChI is InChI=1S/C13H17F3N2O2.ClH/c1-8-3-4-10(6-18-12(19)9(2)17)11(5-8)20-7-13(14,15)16;/h3-5,9H,6-7,17H2,1-2H3,(H,18,19);1H/t9-;/m0./s1. The maximum Gasteiger partial charge on any atom is 0.422 e. The van der Waals surface area contributed by atoms with Crippen molar-refractivity contribution in [3.8, 4) is 5.75 Å². The van der Waals surface area contributed by atoms with Crippen molar-refractivity contribution in [3.05, 3.63) is 29.3 Å². The molecule has 0 fully saturated rings. The topological polar surface area (TPSA) is 64.4 Å². The van der Waals surface area contributed by atoms with Crippen LogP contribution in [0.5, 0.6) is 5.75 Å². The van der Waals surface area contributed by atoms with Crippen molar-refractivity contribution in [1.29, 1.82) is 0 Å². The number of benzene rings is 1. The van der Waals surface area contributed by atoms with Gasteiger partial charge in [0.2, 0.25) is 5.91 Å². The molecule has 0 saturated carbocycles. The Morgan fingerprint density at radius 2 is 2.05 bits per heavy atom. The minimum atomic E-state index is -4.41. The first kappa shape index (κ1) is 19.5. The fourth-order valence-corrected chi connectivity index (χ4v) is 1.45. The second-order valence-electron chi connectivity index (χ2n) is 4.52. The van der Waals surface area contributed by atoms with Gasteiger partial charge in [-0.25, -0.2) is 0 Å². The Morgan fingerprint density at radius 3 is 2.57 bits per heavy atom. The molecule has 0 bridgehead atoms. The van der Waals surface area contributed by atoms with Crippen LogP contribution in [0, 0.1) is 6.92 Å². The van der Waals surface area contributed by atoms with Crippen LogP contribution in [-0.4, -0.2) is 24.7 Å². The average Bonchev–Trinajstić information content (AvgIpc) is 2.33. The molecule has 0 unspecified atom stereocenters. The minimum absolute atomic E-state index is 0. The lowest BCUT2D eigenvalue weighted by Crippen LogP contribution is -2.37. The van der Waals surface area contributed by atoms with Crippen LogP contribution in [-0.2, 0) is 11.3 Å². The molecule has 3 N–H and O–H groups in total. The van der Waals surface area contributed by atoms with E-state index in [1.165, 1.54) is 13.0 Å². The van der Waals surface area contributed by atoms with Gasteiger partial charge in [0.15, 0.2) is 6.61 Å². The average molecular weight is 327 g/mol. The summed E-state index contributed by atoms with van der Waals surface area (Å²) < 4.78 is 41.3. The van der Waals surface area contributed by atoms with Crippen LogP contribution in [0.15, 0.2) is 18.2 Å². The Balaban J connectivity index is 0.00000400. The summed E-state index contributed by atoms with van der Waals surface area (Å²) in [5.41, 5.74) is 6.62. The number of aryl methyl sites for hydroxylation is 1. The first-order valence-electron chi connectivity index (χ1n) is 6.01. The highest BCUT2D eigenvalue weighted by atomic mass is 35.5. The molecule has 0 aliphatic rings. The predicted molar refractivity (Wildman–Crippen MR) is 75.5 cm³/mol. The van der Waals surface area contributed by atoms with Crippen LogP contribution in [0.25, 0.3) is 0 Å². The van der Waals surface area contributed by atoms with E-state index in [1.807, 2.05) is 0 Å². The van der Waals surface area contributed by atoms with Crippen molar-refractivity contribution in [1.82, 2.24) is 5.32 Å². The van der Waals surface area contributed by atoms with Crippen LogP contribution >= 0.6 is 12.4 Å². The zero-order valence-electron chi connectivity index (χ0n) is 11.7. The van der Waals surface area contributed by atoms with Gasteiger partial charge in [0.25, 0.3) is 0 Å². The van der Waals surface area contributed by atoms with Gasteiger partial charge in [-0.05, 0) is 25.5 Å². The normalized spacial score (nSPS) is 12.3. The number of hydrogen-bond acceptors (Lipinski definition) is 3. The maximum absolute atomic E-state index is 12.2. The van der Waals surface area contributed by atoms with Crippen molar-refractivity contribution in [2.75, 3.05) is 6.61 Å². The second kappa shape index (κ2) is 8.09. The lowest BCUT2D eigenvalue weighted by molar-refractivity contribution is -0.153. The fraction of sp³-hybridized carbons (Fsp3) is 0.462. The van der Waals surface area contributed by atoms with E-state index < -0.39 is 18.8 Å². The molecule has 21 heavy (non-hydrogen) atoms. The molecule has 0 spiro atoms. The summed E-state index contributed by atoms with van der Waals surface area (Å²) >= 11 is 0.